The topological polar surface area (TPSA) is 51.8 Å². The predicted octanol–water partition coefficient (Wildman–Crippen LogP) is 2.87. The highest BCUT2D eigenvalue weighted by molar-refractivity contribution is 6.30. The molecule has 17 heavy (non-hydrogen) atoms. The molecule has 2 N–H and O–H groups in total. The van der Waals surface area contributed by atoms with Gasteiger partial charge in [0.2, 0.25) is 0 Å². The molecule has 0 spiro atoms. The van der Waals surface area contributed by atoms with Crippen molar-refractivity contribution in [2.75, 3.05) is 5.73 Å². The third-order valence-corrected chi connectivity index (χ3v) is 2.81. The Morgan fingerprint density at radius 2 is 1.94 bits per heavy atom. The maximum Gasteiger partial charge on any atom is 0.133 e. The third-order valence-electron chi connectivity index (χ3n) is 2.56. The standard InChI is InChI=1S/C13H14ClN3/c1-2-12-11(15)8-16-13(17-12)7-9-3-5-10(14)6-4-9/h3-6,8H,2,7,15H2,1H3. The molecule has 0 atom stereocenters. The molecule has 0 saturated heterocycles. The minimum Gasteiger partial charge on any atom is -0.396 e. The summed E-state index contributed by atoms with van der Waals surface area (Å²) in [6.45, 7) is 2.03. The lowest BCUT2D eigenvalue weighted by atomic mass is 10.1. The van der Waals surface area contributed by atoms with E-state index in [9.17, 15) is 0 Å². The van der Waals surface area contributed by atoms with Crippen molar-refractivity contribution in [1.29, 1.82) is 0 Å². The molecule has 0 fully saturated rings. The van der Waals surface area contributed by atoms with Crippen LogP contribution in [-0.2, 0) is 12.8 Å². The van der Waals surface area contributed by atoms with Crippen LogP contribution in [0.15, 0.2) is 30.5 Å². The Labute approximate surface area is 106 Å². The fraction of sp³-hybridized carbons (Fsp3) is 0.231. The summed E-state index contributed by atoms with van der Waals surface area (Å²) in [5.41, 5.74) is 8.48. The van der Waals surface area contributed by atoms with Gasteiger partial charge in [0, 0.05) is 11.4 Å². The van der Waals surface area contributed by atoms with Crippen LogP contribution in [0.25, 0.3) is 0 Å². The molecule has 0 aliphatic carbocycles. The van der Waals surface area contributed by atoms with E-state index >= 15 is 0 Å². The molecular formula is C13H14ClN3. The second-order valence-corrected chi connectivity index (χ2v) is 4.28. The van der Waals surface area contributed by atoms with Crippen molar-refractivity contribution in [2.45, 2.75) is 19.8 Å². The van der Waals surface area contributed by atoms with E-state index in [1.165, 1.54) is 0 Å². The molecule has 2 aromatic rings. The Kier molecular flexibility index (Phi) is 3.59. The van der Waals surface area contributed by atoms with Gasteiger partial charge >= 0.3 is 0 Å². The maximum atomic E-state index is 5.84. The van der Waals surface area contributed by atoms with Gasteiger partial charge in [-0.05, 0) is 24.1 Å². The summed E-state index contributed by atoms with van der Waals surface area (Å²) in [4.78, 5) is 8.67. The van der Waals surface area contributed by atoms with Gasteiger partial charge in [0.15, 0.2) is 0 Å². The van der Waals surface area contributed by atoms with E-state index in [4.69, 9.17) is 17.3 Å². The number of rotatable bonds is 3. The Bertz CT molecular complexity index is 509. The maximum absolute atomic E-state index is 5.84. The van der Waals surface area contributed by atoms with E-state index in [-0.39, 0.29) is 0 Å². The summed E-state index contributed by atoms with van der Waals surface area (Å²) < 4.78 is 0. The van der Waals surface area contributed by atoms with Crippen molar-refractivity contribution in [3.05, 3.63) is 52.6 Å². The number of nitrogen functional groups attached to an aromatic ring is 1. The van der Waals surface area contributed by atoms with Crippen molar-refractivity contribution >= 4 is 17.3 Å². The molecule has 3 nitrogen and oxygen atoms in total. The lowest BCUT2D eigenvalue weighted by Gasteiger charge is -2.05. The van der Waals surface area contributed by atoms with Crippen molar-refractivity contribution in [1.82, 2.24) is 9.97 Å². The number of nitrogens with zero attached hydrogens (tertiary/aromatic N) is 2. The Morgan fingerprint density at radius 3 is 2.59 bits per heavy atom. The summed E-state index contributed by atoms with van der Waals surface area (Å²) in [5.74, 6) is 0.790. The summed E-state index contributed by atoms with van der Waals surface area (Å²) in [6.07, 6.45) is 3.20. The van der Waals surface area contributed by atoms with E-state index in [0.29, 0.717) is 12.1 Å². The highest BCUT2D eigenvalue weighted by atomic mass is 35.5. The smallest absolute Gasteiger partial charge is 0.133 e. The number of hydrogen-bond acceptors (Lipinski definition) is 3. The van der Waals surface area contributed by atoms with Crippen LogP contribution in [0.4, 0.5) is 5.69 Å². The first-order valence-corrected chi connectivity index (χ1v) is 5.91. The molecule has 0 aliphatic rings. The minimum absolute atomic E-state index is 0.660. The average Bonchev–Trinajstić information content (AvgIpc) is 2.34. The van der Waals surface area contributed by atoms with Gasteiger partial charge < -0.3 is 5.73 Å². The van der Waals surface area contributed by atoms with Crippen LogP contribution >= 0.6 is 11.6 Å². The quantitative estimate of drug-likeness (QED) is 0.907. The van der Waals surface area contributed by atoms with Gasteiger partial charge in [-0.1, -0.05) is 30.7 Å². The van der Waals surface area contributed by atoms with E-state index in [0.717, 1.165) is 28.5 Å². The number of aryl methyl sites for hydroxylation is 1. The zero-order chi connectivity index (χ0) is 12.3. The number of anilines is 1. The first-order valence-electron chi connectivity index (χ1n) is 5.53. The highest BCUT2D eigenvalue weighted by Crippen LogP contribution is 2.13. The second kappa shape index (κ2) is 5.15. The first kappa shape index (κ1) is 11.9. The fourth-order valence-corrected chi connectivity index (χ4v) is 1.75. The molecule has 0 radical (unpaired) electrons. The van der Waals surface area contributed by atoms with E-state index in [2.05, 4.69) is 9.97 Å². The first-order chi connectivity index (χ1) is 8.19. The number of aromatic nitrogens is 2. The van der Waals surface area contributed by atoms with Gasteiger partial charge in [0.25, 0.3) is 0 Å². The SMILES string of the molecule is CCc1nc(Cc2ccc(Cl)cc2)ncc1N. The fourth-order valence-electron chi connectivity index (χ4n) is 1.62. The second-order valence-electron chi connectivity index (χ2n) is 3.85. The predicted molar refractivity (Wildman–Crippen MR) is 70.1 cm³/mol. The molecule has 0 aliphatic heterocycles. The molecule has 1 aromatic carbocycles. The molecule has 0 amide bonds. The van der Waals surface area contributed by atoms with Crippen molar-refractivity contribution in [3.8, 4) is 0 Å². The van der Waals surface area contributed by atoms with Crippen LogP contribution in [0.2, 0.25) is 5.02 Å². The average molecular weight is 248 g/mol. The lowest BCUT2D eigenvalue weighted by Crippen LogP contribution is -2.03. The minimum atomic E-state index is 0.660. The molecule has 0 unspecified atom stereocenters. The van der Waals surface area contributed by atoms with Crippen LogP contribution in [0.3, 0.4) is 0 Å². The normalized spacial score (nSPS) is 10.5. The summed E-state index contributed by atoms with van der Waals surface area (Å²) in [7, 11) is 0. The Morgan fingerprint density at radius 1 is 1.24 bits per heavy atom. The van der Waals surface area contributed by atoms with Gasteiger partial charge in [-0.25, -0.2) is 9.97 Å². The molecular weight excluding hydrogens is 234 g/mol. The molecule has 0 bridgehead atoms. The highest BCUT2D eigenvalue weighted by Gasteiger charge is 2.04. The molecule has 4 heteroatoms. The molecule has 1 heterocycles. The number of nitrogens with two attached hydrogens (primary N) is 1. The van der Waals surface area contributed by atoms with Gasteiger partial charge in [0.05, 0.1) is 17.6 Å². The third kappa shape index (κ3) is 2.94. The summed E-state index contributed by atoms with van der Waals surface area (Å²) >= 11 is 5.84. The van der Waals surface area contributed by atoms with Crippen molar-refractivity contribution in [3.63, 3.8) is 0 Å². The number of benzene rings is 1. The van der Waals surface area contributed by atoms with Crippen molar-refractivity contribution in [2.24, 2.45) is 0 Å². The molecule has 0 saturated carbocycles. The van der Waals surface area contributed by atoms with Gasteiger partial charge in [-0.15, -0.1) is 0 Å². The molecule has 1 aromatic heterocycles. The zero-order valence-electron chi connectivity index (χ0n) is 9.65. The van der Waals surface area contributed by atoms with Crippen LogP contribution in [-0.4, -0.2) is 9.97 Å². The molecule has 88 valence electrons. The largest absolute Gasteiger partial charge is 0.396 e. The monoisotopic (exact) mass is 247 g/mol. The van der Waals surface area contributed by atoms with Gasteiger partial charge in [-0.2, -0.15) is 0 Å². The van der Waals surface area contributed by atoms with Gasteiger partial charge in [0.1, 0.15) is 5.82 Å². The van der Waals surface area contributed by atoms with E-state index in [1.807, 2.05) is 31.2 Å². The van der Waals surface area contributed by atoms with Crippen LogP contribution in [0, 0.1) is 0 Å². The Balaban J connectivity index is 2.21. The van der Waals surface area contributed by atoms with Crippen molar-refractivity contribution < 1.29 is 0 Å². The molecule has 2 rings (SSSR count). The van der Waals surface area contributed by atoms with Crippen LogP contribution < -0.4 is 5.73 Å². The van der Waals surface area contributed by atoms with Crippen LogP contribution in [0.5, 0.6) is 0 Å². The zero-order valence-corrected chi connectivity index (χ0v) is 10.4. The van der Waals surface area contributed by atoms with E-state index in [1.54, 1.807) is 6.20 Å². The van der Waals surface area contributed by atoms with E-state index < -0.39 is 0 Å². The number of halogens is 1. The van der Waals surface area contributed by atoms with Gasteiger partial charge in [-0.3, -0.25) is 0 Å². The van der Waals surface area contributed by atoms with Crippen LogP contribution in [0.1, 0.15) is 24.0 Å². The number of hydrogen-bond donors (Lipinski definition) is 1. The summed E-state index contributed by atoms with van der Waals surface area (Å²) in [5, 5.41) is 0.737. The lowest BCUT2D eigenvalue weighted by molar-refractivity contribution is 0.910. The Hall–Kier alpha value is -1.61. The summed E-state index contributed by atoms with van der Waals surface area (Å²) in [6, 6.07) is 7.70.